The second-order valence-electron chi connectivity index (χ2n) is 8.61. The molecule has 1 aliphatic heterocycles. The van der Waals surface area contributed by atoms with Crippen molar-refractivity contribution in [2.75, 3.05) is 26.9 Å². The molecule has 1 fully saturated rings. The van der Waals surface area contributed by atoms with Gasteiger partial charge in [0, 0.05) is 41.8 Å². The number of methoxy groups -OCH3 is 1. The number of nitrogens with one attached hydrogen (secondary N) is 1. The zero-order valence-electron chi connectivity index (χ0n) is 18.7. The second kappa shape index (κ2) is 8.67. The van der Waals surface area contributed by atoms with Crippen LogP contribution in [0.25, 0.3) is 10.9 Å². The van der Waals surface area contributed by atoms with E-state index >= 15 is 0 Å². The number of amides is 1. The minimum atomic E-state index is -0.223. The third kappa shape index (κ3) is 4.28. The van der Waals surface area contributed by atoms with Crippen LogP contribution >= 0.6 is 0 Å². The average Bonchev–Trinajstić information content (AvgIpc) is 2.78. The fourth-order valence-corrected chi connectivity index (χ4v) is 4.54. The molecule has 2 aromatic carbocycles. The van der Waals surface area contributed by atoms with Crippen LogP contribution in [0.5, 0.6) is 5.75 Å². The summed E-state index contributed by atoms with van der Waals surface area (Å²) in [6.45, 7) is 7.91. The molecule has 0 atom stereocenters. The molecule has 31 heavy (non-hydrogen) atoms. The maximum absolute atomic E-state index is 13.4. The number of carbonyl (C=O) groups is 1. The molecule has 0 radical (unpaired) electrons. The van der Waals surface area contributed by atoms with Crippen LogP contribution < -0.4 is 10.1 Å². The lowest BCUT2D eigenvalue weighted by Gasteiger charge is -2.39. The highest BCUT2D eigenvalue weighted by Crippen LogP contribution is 2.40. The number of carbonyl (C=O) groups excluding carboxylic acids is 1. The molecule has 1 aliphatic rings. The molecule has 5 nitrogen and oxygen atoms in total. The molecule has 0 bridgehead atoms. The summed E-state index contributed by atoms with van der Waals surface area (Å²) in [4.78, 5) is 17.9. The van der Waals surface area contributed by atoms with Gasteiger partial charge in [0.25, 0.3) is 5.91 Å². The fourth-order valence-electron chi connectivity index (χ4n) is 4.54. The maximum Gasteiger partial charge on any atom is 0.252 e. The van der Waals surface area contributed by atoms with Crippen LogP contribution in [0.3, 0.4) is 0 Å². The van der Waals surface area contributed by atoms with Gasteiger partial charge >= 0.3 is 0 Å². The molecule has 162 valence electrons. The normalized spacial score (nSPS) is 15.6. The molecule has 4 rings (SSSR count). The molecule has 1 N–H and O–H groups in total. The molecule has 5 heteroatoms. The van der Waals surface area contributed by atoms with E-state index in [0.717, 1.165) is 46.3 Å². The van der Waals surface area contributed by atoms with Crippen LogP contribution in [-0.2, 0) is 10.2 Å². The van der Waals surface area contributed by atoms with E-state index in [4.69, 9.17) is 9.47 Å². The smallest absolute Gasteiger partial charge is 0.252 e. The lowest BCUT2D eigenvalue weighted by molar-refractivity contribution is 0.0479. The first-order chi connectivity index (χ1) is 14.9. The largest absolute Gasteiger partial charge is 0.496 e. The Hall–Kier alpha value is -2.92. The molecule has 1 aromatic heterocycles. The number of aryl methyl sites for hydroxylation is 3. The predicted octanol–water partition coefficient (Wildman–Crippen LogP) is 4.65. The highest BCUT2D eigenvalue weighted by Gasteiger charge is 2.37. The van der Waals surface area contributed by atoms with E-state index in [1.807, 2.05) is 44.2 Å². The summed E-state index contributed by atoms with van der Waals surface area (Å²) in [5.74, 6) is 0.793. The highest BCUT2D eigenvalue weighted by molar-refractivity contribution is 6.06. The number of rotatable bonds is 5. The van der Waals surface area contributed by atoms with Crippen molar-refractivity contribution in [3.8, 4) is 5.75 Å². The molecule has 0 aliphatic carbocycles. The van der Waals surface area contributed by atoms with Gasteiger partial charge in [-0.15, -0.1) is 0 Å². The molecular weight excluding hydrogens is 388 g/mol. The van der Waals surface area contributed by atoms with E-state index in [1.54, 1.807) is 7.11 Å². The Kier molecular flexibility index (Phi) is 5.96. The topological polar surface area (TPSA) is 60.5 Å². The van der Waals surface area contributed by atoms with E-state index in [2.05, 4.69) is 29.4 Å². The SMILES string of the molecule is COc1ccc(C)cc1C1(CNC(=O)c2cc(C)nc3ccc(C)cc23)CCOCC1. The number of benzene rings is 2. The van der Waals surface area contributed by atoms with E-state index in [1.165, 1.54) is 5.56 Å². The van der Waals surface area contributed by atoms with Crippen molar-refractivity contribution >= 4 is 16.8 Å². The quantitative estimate of drug-likeness (QED) is 0.655. The second-order valence-corrected chi connectivity index (χ2v) is 8.61. The van der Waals surface area contributed by atoms with Gasteiger partial charge in [-0.1, -0.05) is 29.3 Å². The number of pyridine rings is 1. The first-order valence-electron chi connectivity index (χ1n) is 10.8. The number of fused-ring (bicyclic) bond motifs is 1. The van der Waals surface area contributed by atoms with Crippen LogP contribution in [0, 0.1) is 20.8 Å². The number of ether oxygens (including phenoxy) is 2. The number of nitrogens with zero attached hydrogens (tertiary/aromatic N) is 1. The van der Waals surface area contributed by atoms with Crippen LogP contribution in [0.15, 0.2) is 42.5 Å². The minimum absolute atomic E-state index is 0.0708. The first kappa shape index (κ1) is 21.3. The van der Waals surface area contributed by atoms with Crippen molar-refractivity contribution in [2.24, 2.45) is 0 Å². The van der Waals surface area contributed by atoms with Crippen molar-refractivity contribution in [2.45, 2.75) is 39.0 Å². The van der Waals surface area contributed by atoms with Gasteiger partial charge in [-0.3, -0.25) is 9.78 Å². The standard InChI is InChI=1S/C26H30N2O3/c1-17-5-7-23-20(13-17)21(15-19(3)28-23)25(29)27-16-26(9-11-31-12-10-26)22-14-18(2)6-8-24(22)30-4/h5-8,13-15H,9-12,16H2,1-4H3,(H,27,29). The van der Waals surface area contributed by atoms with Gasteiger partial charge in [0.05, 0.1) is 18.2 Å². The summed E-state index contributed by atoms with van der Waals surface area (Å²) < 4.78 is 11.4. The summed E-state index contributed by atoms with van der Waals surface area (Å²) in [6.07, 6.45) is 1.67. The Morgan fingerprint density at radius 1 is 1.06 bits per heavy atom. The first-order valence-corrected chi connectivity index (χ1v) is 10.8. The van der Waals surface area contributed by atoms with Gasteiger partial charge in [-0.05, 0) is 57.9 Å². The zero-order valence-corrected chi connectivity index (χ0v) is 18.7. The molecule has 0 saturated carbocycles. The van der Waals surface area contributed by atoms with Crippen LogP contribution in [-0.4, -0.2) is 37.8 Å². The number of hydrogen-bond donors (Lipinski definition) is 1. The molecule has 2 heterocycles. The molecule has 1 amide bonds. The van der Waals surface area contributed by atoms with Gasteiger partial charge in [-0.2, -0.15) is 0 Å². The molecular formula is C26H30N2O3. The van der Waals surface area contributed by atoms with E-state index in [0.29, 0.717) is 25.3 Å². The van der Waals surface area contributed by atoms with Crippen LogP contribution in [0.2, 0.25) is 0 Å². The average molecular weight is 419 g/mol. The lowest BCUT2D eigenvalue weighted by atomic mass is 9.73. The summed E-state index contributed by atoms with van der Waals surface area (Å²) >= 11 is 0. The van der Waals surface area contributed by atoms with Crippen LogP contribution in [0.1, 0.15) is 45.6 Å². The fraction of sp³-hybridized carbons (Fsp3) is 0.385. The Balaban J connectivity index is 1.68. The number of aromatic nitrogens is 1. The minimum Gasteiger partial charge on any atom is -0.496 e. The van der Waals surface area contributed by atoms with Crippen LogP contribution in [0.4, 0.5) is 0 Å². The van der Waals surface area contributed by atoms with Gasteiger partial charge in [0.2, 0.25) is 0 Å². The van der Waals surface area contributed by atoms with Gasteiger partial charge < -0.3 is 14.8 Å². The zero-order chi connectivity index (χ0) is 22.0. The molecule has 0 unspecified atom stereocenters. The van der Waals surface area contributed by atoms with Crippen molar-refractivity contribution in [1.82, 2.24) is 10.3 Å². The summed E-state index contributed by atoms with van der Waals surface area (Å²) in [6, 6.07) is 14.2. The van der Waals surface area contributed by atoms with E-state index in [-0.39, 0.29) is 11.3 Å². The van der Waals surface area contributed by atoms with E-state index < -0.39 is 0 Å². The van der Waals surface area contributed by atoms with Gasteiger partial charge in [-0.25, -0.2) is 0 Å². The van der Waals surface area contributed by atoms with Crippen molar-refractivity contribution < 1.29 is 14.3 Å². The maximum atomic E-state index is 13.4. The Labute approximate surface area is 183 Å². The van der Waals surface area contributed by atoms with Crippen molar-refractivity contribution in [3.63, 3.8) is 0 Å². The summed E-state index contributed by atoms with van der Waals surface area (Å²) in [5, 5.41) is 4.13. The van der Waals surface area contributed by atoms with Crippen molar-refractivity contribution in [3.05, 3.63) is 70.4 Å². The monoisotopic (exact) mass is 418 g/mol. The summed E-state index contributed by atoms with van der Waals surface area (Å²) in [5.41, 5.74) is 5.56. The molecule has 1 saturated heterocycles. The predicted molar refractivity (Wildman–Crippen MR) is 123 cm³/mol. The lowest BCUT2D eigenvalue weighted by Crippen LogP contribution is -2.45. The third-order valence-corrected chi connectivity index (χ3v) is 6.30. The molecule has 0 spiro atoms. The van der Waals surface area contributed by atoms with Gasteiger partial charge in [0.15, 0.2) is 0 Å². The highest BCUT2D eigenvalue weighted by atomic mass is 16.5. The van der Waals surface area contributed by atoms with E-state index in [9.17, 15) is 4.79 Å². The Morgan fingerprint density at radius 3 is 2.52 bits per heavy atom. The Bertz CT molecular complexity index is 1120. The Morgan fingerprint density at radius 2 is 1.77 bits per heavy atom. The third-order valence-electron chi connectivity index (χ3n) is 6.30. The number of hydrogen-bond acceptors (Lipinski definition) is 4. The molecule has 3 aromatic rings. The summed E-state index contributed by atoms with van der Waals surface area (Å²) in [7, 11) is 1.70. The van der Waals surface area contributed by atoms with Crippen molar-refractivity contribution in [1.29, 1.82) is 0 Å². The van der Waals surface area contributed by atoms with Gasteiger partial charge in [0.1, 0.15) is 5.75 Å².